The molecule has 148 valence electrons. The van der Waals surface area contributed by atoms with Crippen molar-refractivity contribution in [3.63, 3.8) is 0 Å². The first-order valence-electron chi connectivity index (χ1n) is 8.81. The molecule has 0 spiro atoms. The van der Waals surface area contributed by atoms with E-state index in [2.05, 4.69) is 37.1 Å². The number of carbonyl (C=O) groups is 1. The number of aromatic nitrogens is 5. The van der Waals surface area contributed by atoms with E-state index in [1.165, 1.54) is 6.26 Å². The molecule has 29 heavy (non-hydrogen) atoms. The summed E-state index contributed by atoms with van der Waals surface area (Å²) in [7, 11) is 1.95. The van der Waals surface area contributed by atoms with Gasteiger partial charge in [0.2, 0.25) is 0 Å². The number of nitrogens with zero attached hydrogens (tertiary/aromatic N) is 5. The zero-order valence-corrected chi connectivity index (χ0v) is 16.7. The quantitative estimate of drug-likeness (QED) is 0.469. The van der Waals surface area contributed by atoms with Crippen LogP contribution in [0, 0.1) is 0 Å². The number of benzene rings is 1. The smallest absolute Gasteiger partial charge is 0.312 e. The van der Waals surface area contributed by atoms with Crippen LogP contribution in [0.15, 0.2) is 54.9 Å². The molecule has 1 atom stereocenters. The monoisotopic (exact) mass is 409 g/mol. The summed E-state index contributed by atoms with van der Waals surface area (Å²) in [6, 6.07) is 13.6. The van der Waals surface area contributed by atoms with Gasteiger partial charge < -0.3 is 9.45 Å². The third kappa shape index (κ3) is 4.08. The van der Waals surface area contributed by atoms with Gasteiger partial charge in [-0.1, -0.05) is 30.3 Å². The van der Waals surface area contributed by atoms with Gasteiger partial charge in [0.25, 0.3) is 0 Å². The highest BCUT2D eigenvalue weighted by Crippen LogP contribution is 2.25. The second-order valence-electron chi connectivity index (χ2n) is 6.51. The summed E-state index contributed by atoms with van der Waals surface area (Å²) < 4.78 is 15.2. The minimum atomic E-state index is -1.48. The molecule has 4 rings (SSSR count). The van der Waals surface area contributed by atoms with Crippen LogP contribution in [-0.4, -0.2) is 48.6 Å². The fourth-order valence-corrected chi connectivity index (χ4v) is 3.35. The van der Waals surface area contributed by atoms with Crippen LogP contribution in [0.5, 0.6) is 0 Å². The molecule has 1 amide bonds. The first kappa shape index (κ1) is 19.0. The summed E-state index contributed by atoms with van der Waals surface area (Å²) in [6.07, 6.45) is 4.82. The Hall–Kier alpha value is -3.37. The summed E-state index contributed by atoms with van der Waals surface area (Å²) in [5, 5.41) is 11.2. The number of hydrogen-bond acceptors (Lipinski definition) is 6. The lowest BCUT2D eigenvalue weighted by Crippen LogP contribution is -2.29. The zero-order chi connectivity index (χ0) is 20.4. The number of nitrogens with one attached hydrogen (secondary N) is 2. The van der Waals surface area contributed by atoms with Crippen molar-refractivity contribution in [2.24, 2.45) is 0 Å². The molecule has 0 radical (unpaired) electrons. The Morgan fingerprint density at radius 1 is 1.31 bits per heavy atom. The standard InChI is InChI=1S/C19H19N7O2S/c1-25(12-13-6-4-3-5-7-13)17-9-16(14-10-20-21-11-14)26-18(22-17)8-15(23-26)19(27)24-29(2)28/h3-11H,12H2,1-2H3,(H,20,21)(H,24,27). The van der Waals surface area contributed by atoms with Gasteiger partial charge in [0.1, 0.15) is 12.1 Å². The van der Waals surface area contributed by atoms with Gasteiger partial charge in [-0.15, -0.1) is 0 Å². The van der Waals surface area contributed by atoms with E-state index in [4.69, 9.17) is 0 Å². The van der Waals surface area contributed by atoms with E-state index in [1.54, 1.807) is 23.0 Å². The van der Waals surface area contributed by atoms with E-state index in [0.29, 0.717) is 12.2 Å². The fourth-order valence-electron chi connectivity index (χ4n) is 2.99. The number of hydrogen-bond donors (Lipinski definition) is 2. The molecule has 1 unspecified atom stereocenters. The lowest BCUT2D eigenvalue weighted by atomic mass is 10.2. The van der Waals surface area contributed by atoms with Gasteiger partial charge in [-0.25, -0.2) is 9.50 Å². The van der Waals surface area contributed by atoms with Gasteiger partial charge in [0.15, 0.2) is 11.3 Å². The van der Waals surface area contributed by atoms with Gasteiger partial charge in [-0.05, 0) is 5.56 Å². The van der Waals surface area contributed by atoms with Crippen molar-refractivity contribution in [2.75, 3.05) is 18.2 Å². The Balaban J connectivity index is 1.77. The average molecular weight is 409 g/mol. The number of anilines is 1. The van der Waals surface area contributed by atoms with Crippen LogP contribution in [0.4, 0.5) is 5.82 Å². The summed E-state index contributed by atoms with van der Waals surface area (Å²) in [5.74, 6) is 0.206. The minimum absolute atomic E-state index is 0.139. The highest BCUT2D eigenvalue weighted by molar-refractivity contribution is 7.89. The van der Waals surface area contributed by atoms with E-state index in [0.717, 1.165) is 22.6 Å². The van der Waals surface area contributed by atoms with Crippen molar-refractivity contribution < 1.29 is 9.35 Å². The van der Waals surface area contributed by atoms with Gasteiger partial charge >= 0.3 is 5.91 Å². The molecular weight excluding hydrogens is 390 g/mol. The summed E-state index contributed by atoms with van der Waals surface area (Å²) in [5.41, 5.74) is 3.34. The molecule has 3 heterocycles. The molecular formula is C19H19N7O2S. The molecule has 0 saturated carbocycles. The van der Waals surface area contributed by atoms with Gasteiger partial charge in [0, 0.05) is 37.5 Å². The molecule has 0 bridgehead atoms. The second-order valence-corrected chi connectivity index (χ2v) is 7.63. The van der Waals surface area contributed by atoms with Crippen molar-refractivity contribution >= 4 is 28.7 Å². The number of fused-ring (bicyclic) bond motifs is 1. The van der Waals surface area contributed by atoms with Crippen LogP contribution < -0.4 is 9.62 Å². The number of H-pyrrole nitrogens is 1. The summed E-state index contributed by atoms with van der Waals surface area (Å²) in [6.45, 7) is 0.672. The maximum atomic E-state index is 12.2. The SMILES string of the molecule is CN(Cc1ccccc1)c1cc(-c2cn[nH]c2)n2nc(C(=O)N[S+](C)[O-])cc2n1. The zero-order valence-electron chi connectivity index (χ0n) is 15.9. The molecule has 0 saturated heterocycles. The van der Waals surface area contributed by atoms with Crippen LogP contribution in [0.3, 0.4) is 0 Å². The minimum Gasteiger partial charge on any atom is -0.593 e. The van der Waals surface area contributed by atoms with Crippen LogP contribution in [0.1, 0.15) is 16.1 Å². The van der Waals surface area contributed by atoms with E-state index < -0.39 is 17.3 Å². The van der Waals surface area contributed by atoms with E-state index in [-0.39, 0.29) is 5.69 Å². The first-order chi connectivity index (χ1) is 14.0. The fraction of sp³-hybridized carbons (Fsp3) is 0.158. The average Bonchev–Trinajstić information content (AvgIpc) is 3.37. The maximum Gasteiger partial charge on any atom is 0.312 e. The van der Waals surface area contributed by atoms with Crippen LogP contribution in [0.2, 0.25) is 0 Å². The highest BCUT2D eigenvalue weighted by atomic mass is 32.2. The molecule has 0 aliphatic rings. The molecule has 1 aromatic carbocycles. The molecule has 10 heteroatoms. The summed E-state index contributed by atoms with van der Waals surface area (Å²) in [4.78, 5) is 18.9. The Bertz CT molecular complexity index is 1130. The normalized spacial score (nSPS) is 12.1. The predicted molar refractivity (Wildman–Crippen MR) is 111 cm³/mol. The van der Waals surface area contributed by atoms with Gasteiger partial charge in [-0.3, -0.25) is 9.89 Å². The molecule has 9 nitrogen and oxygen atoms in total. The third-order valence-corrected chi connectivity index (χ3v) is 4.80. The molecule has 2 N–H and O–H groups in total. The van der Waals surface area contributed by atoms with Crippen molar-refractivity contribution in [3.05, 3.63) is 66.1 Å². The Kier molecular flexibility index (Phi) is 5.19. The van der Waals surface area contributed by atoms with Crippen molar-refractivity contribution in [2.45, 2.75) is 6.54 Å². The van der Waals surface area contributed by atoms with E-state index in [9.17, 15) is 9.35 Å². The van der Waals surface area contributed by atoms with Crippen molar-refractivity contribution in [1.82, 2.24) is 29.5 Å². The highest BCUT2D eigenvalue weighted by Gasteiger charge is 2.19. The van der Waals surface area contributed by atoms with E-state index >= 15 is 0 Å². The maximum absolute atomic E-state index is 12.2. The second kappa shape index (κ2) is 7.94. The Morgan fingerprint density at radius 2 is 2.10 bits per heavy atom. The topological polar surface area (TPSA) is 114 Å². The third-order valence-electron chi connectivity index (χ3n) is 4.33. The number of amides is 1. The first-order valence-corrected chi connectivity index (χ1v) is 10.4. The van der Waals surface area contributed by atoms with Crippen molar-refractivity contribution in [3.8, 4) is 11.3 Å². The number of rotatable bonds is 6. The molecule has 0 aliphatic heterocycles. The van der Waals surface area contributed by atoms with Gasteiger partial charge in [-0.2, -0.15) is 14.9 Å². The van der Waals surface area contributed by atoms with Crippen LogP contribution >= 0.6 is 0 Å². The van der Waals surface area contributed by atoms with Crippen LogP contribution in [-0.2, 0) is 17.9 Å². The molecule has 0 fully saturated rings. The Morgan fingerprint density at radius 3 is 2.79 bits per heavy atom. The van der Waals surface area contributed by atoms with Gasteiger partial charge in [0.05, 0.1) is 23.3 Å². The molecule has 4 aromatic rings. The lowest BCUT2D eigenvalue weighted by molar-refractivity contribution is 0.0976. The molecule has 0 aliphatic carbocycles. The number of carbonyl (C=O) groups excluding carboxylic acids is 1. The molecule has 3 aromatic heterocycles. The summed E-state index contributed by atoms with van der Waals surface area (Å²) >= 11 is -1.48. The lowest BCUT2D eigenvalue weighted by Gasteiger charge is -2.19. The van der Waals surface area contributed by atoms with Crippen molar-refractivity contribution in [1.29, 1.82) is 0 Å². The van der Waals surface area contributed by atoms with Crippen LogP contribution in [0.25, 0.3) is 16.9 Å². The van der Waals surface area contributed by atoms with E-state index in [1.807, 2.05) is 36.2 Å². The Labute approximate surface area is 170 Å². The predicted octanol–water partition coefficient (Wildman–Crippen LogP) is 1.78. The largest absolute Gasteiger partial charge is 0.593 e. The number of aromatic amines is 1.